The average Bonchev–Trinajstić information content (AvgIpc) is 1.85. The summed E-state index contributed by atoms with van der Waals surface area (Å²) in [5.74, 6) is 0.579. The second kappa shape index (κ2) is 3.09. The molecule has 0 rings (SSSR count). The van der Waals surface area contributed by atoms with Crippen molar-refractivity contribution in [1.29, 1.82) is 0 Å². The normalized spacial score (nSPS) is 16.9. The fraction of sp³-hybridized carbons (Fsp3) is 0.778. The summed E-state index contributed by atoms with van der Waals surface area (Å²) < 4.78 is 0. The van der Waals surface area contributed by atoms with E-state index < -0.39 is 0 Å². The van der Waals surface area contributed by atoms with Crippen molar-refractivity contribution in [2.45, 2.75) is 34.1 Å². The van der Waals surface area contributed by atoms with E-state index in [1.54, 1.807) is 0 Å². The van der Waals surface area contributed by atoms with Gasteiger partial charge >= 0.3 is 0 Å². The summed E-state index contributed by atoms with van der Waals surface area (Å²) in [7, 11) is 0. The molecular formula is C9H19N. The first kappa shape index (κ1) is 9.54. The highest BCUT2D eigenvalue weighted by molar-refractivity contribution is 5.04. The second-order valence-corrected chi connectivity index (χ2v) is 3.45. The number of nitrogens with two attached hydrogens (primary N) is 1. The van der Waals surface area contributed by atoms with Crippen molar-refractivity contribution in [3.8, 4) is 0 Å². The quantitative estimate of drug-likeness (QED) is 0.642. The molecule has 0 aromatic rings. The van der Waals surface area contributed by atoms with Gasteiger partial charge in [0.25, 0.3) is 0 Å². The van der Waals surface area contributed by atoms with Gasteiger partial charge in [-0.2, -0.15) is 0 Å². The predicted octanol–water partition coefficient (Wildman–Crippen LogP) is 2.53. The zero-order valence-electron chi connectivity index (χ0n) is 7.57. The van der Waals surface area contributed by atoms with Crippen LogP contribution in [0.2, 0.25) is 0 Å². The largest absolute Gasteiger partial charge is 0.402 e. The van der Waals surface area contributed by atoms with E-state index in [4.69, 9.17) is 5.73 Å². The van der Waals surface area contributed by atoms with Gasteiger partial charge in [-0.25, -0.2) is 0 Å². The Morgan fingerprint density at radius 3 is 2.00 bits per heavy atom. The molecule has 1 atom stereocenters. The number of hydrogen-bond donors (Lipinski definition) is 1. The van der Waals surface area contributed by atoms with E-state index in [9.17, 15) is 0 Å². The third-order valence-electron chi connectivity index (χ3n) is 2.74. The van der Waals surface area contributed by atoms with Crippen LogP contribution in [-0.2, 0) is 0 Å². The fourth-order valence-electron chi connectivity index (χ4n) is 1.01. The third kappa shape index (κ3) is 1.53. The molecule has 0 aliphatic rings. The summed E-state index contributed by atoms with van der Waals surface area (Å²) >= 11 is 0. The van der Waals surface area contributed by atoms with Gasteiger partial charge in [0.05, 0.1) is 0 Å². The van der Waals surface area contributed by atoms with Crippen LogP contribution < -0.4 is 5.73 Å². The molecule has 0 spiro atoms. The van der Waals surface area contributed by atoms with Gasteiger partial charge < -0.3 is 5.73 Å². The van der Waals surface area contributed by atoms with E-state index in [2.05, 4.69) is 34.3 Å². The van der Waals surface area contributed by atoms with Crippen molar-refractivity contribution < 1.29 is 0 Å². The lowest BCUT2D eigenvalue weighted by Gasteiger charge is -2.32. The Balaban J connectivity index is 4.38. The Labute approximate surface area is 64.3 Å². The lowest BCUT2D eigenvalue weighted by atomic mass is 9.75. The summed E-state index contributed by atoms with van der Waals surface area (Å²) in [4.78, 5) is 0. The maximum atomic E-state index is 5.69. The van der Waals surface area contributed by atoms with Crippen LogP contribution in [0.25, 0.3) is 0 Å². The van der Waals surface area contributed by atoms with Gasteiger partial charge in [-0.1, -0.05) is 34.3 Å². The molecule has 0 radical (unpaired) electrons. The zero-order valence-corrected chi connectivity index (χ0v) is 7.57. The maximum Gasteiger partial charge on any atom is 0.00847 e. The highest BCUT2D eigenvalue weighted by Gasteiger charge is 2.27. The summed E-state index contributed by atoms with van der Waals surface area (Å²) in [6.45, 7) is 12.5. The molecular weight excluding hydrogens is 122 g/mol. The van der Waals surface area contributed by atoms with Crippen molar-refractivity contribution in [2.24, 2.45) is 17.1 Å². The monoisotopic (exact) mass is 141 g/mol. The van der Waals surface area contributed by atoms with Gasteiger partial charge in [0.2, 0.25) is 0 Å². The maximum absolute atomic E-state index is 5.69. The molecule has 0 aromatic heterocycles. The van der Waals surface area contributed by atoms with Gasteiger partial charge in [0, 0.05) is 11.1 Å². The topological polar surface area (TPSA) is 26.0 Å². The molecule has 0 fully saturated rings. The Bertz CT molecular complexity index is 127. The summed E-state index contributed by atoms with van der Waals surface area (Å²) in [5, 5.41) is 0. The molecule has 0 heterocycles. The van der Waals surface area contributed by atoms with Crippen molar-refractivity contribution in [2.75, 3.05) is 0 Å². The standard InChI is InChI=1S/C9H19N/c1-6-9(5,7(2)3)8(4)10/h7H,4,6,10H2,1-3,5H3. The van der Waals surface area contributed by atoms with Crippen LogP contribution in [0, 0.1) is 11.3 Å². The molecule has 1 unspecified atom stereocenters. The summed E-state index contributed by atoms with van der Waals surface area (Å²) in [6.07, 6.45) is 1.07. The van der Waals surface area contributed by atoms with Gasteiger partial charge in [0.1, 0.15) is 0 Å². The first-order valence-corrected chi connectivity index (χ1v) is 3.90. The van der Waals surface area contributed by atoms with Crippen LogP contribution in [0.1, 0.15) is 34.1 Å². The molecule has 10 heavy (non-hydrogen) atoms. The Hall–Kier alpha value is -0.460. The van der Waals surface area contributed by atoms with Crippen LogP contribution >= 0.6 is 0 Å². The van der Waals surface area contributed by atoms with Crippen LogP contribution in [0.15, 0.2) is 12.3 Å². The Morgan fingerprint density at radius 2 is 2.00 bits per heavy atom. The van der Waals surface area contributed by atoms with Gasteiger partial charge in [-0.05, 0) is 12.3 Å². The highest BCUT2D eigenvalue weighted by atomic mass is 14.6. The van der Waals surface area contributed by atoms with E-state index in [0.29, 0.717) is 5.92 Å². The van der Waals surface area contributed by atoms with Gasteiger partial charge in [-0.3, -0.25) is 0 Å². The minimum absolute atomic E-state index is 0.125. The van der Waals surface area contributed by atoms with E-state index in [0.717, 1.165) is 12.1 Å². The van der Waals surface area contributed by atoms with Crippen LogP contribution in [0.3, 0.4) is 0 Å². The van der Waals surface area contributed by atoms with E-state index >= 15 is 0 Å². The molecule has 2 N–H and O–H groups in total. The first-order valence-electron chi connectivity index (χ1n) is 3.90. The fourth-order valence-corrected chi connectivity index (χ4v) is 1.01. The van der Waals surface area contributed by atoms with Crippen LogP contribution in [-0.4, -0.2) is 0 Å². The lowest BCUT2D eigenvalue weighted by molar-refractivity contribution is 0.263. The van der Waals surface area contributed by atoms with Crippen molar-refractivity contribution in [1.82, 2.24) is 0 Å². The minimum Gasteiger partial charge on any atom is -0.402 e. The number of allylic oxidation sites excluding steroid dienone is 1. The zero-order chi connectivity index (χ0) is 8.36. The molecule has 0 bridgehead atoms. The summed E-state index contributed by atoms with van der Waals surface area (Å²) in [6, 6.07) is 0. The van der Waals surface area contributed by atoms with Gasteiger partial charge in [-0.15, -0.1) is 0 Å². The van der Waals surface area contributed by atoms with E-state index in [1.165, 1.54) is 0 Å². The van der Waals surface area contributed by atoms with E-state index in [1.807, 2.05) is 0 Å². The molecule has 60 valence electrons. The summed E-state index contributed by atoms with van der Waals surface area (Å²) in [5.41, 5.74) is 6.62. The lowest BCUT2D eigenvalue weighted by Crippen LogP contribution is -2.28. The third-order valence-corrected chi connectivity index (χ3v) is 2.74. The molecule has 0 saturated carbocycles. The highest BCUT2D eigenvalue weighted by Crippen LogP contribution is 2.34. The molecule has 0 aliphatic heterocycles. The van der Waals surface area contributed by atoms with Gasteiger partial charge in [0.15, 0.2) is 0 Å². The number of rotatable bonds is 3. The molecule has 0 saturated heterocycles. The minimum atomic E-state index is 0.125. The molecule has 0 amide bonds. The Morgan fingerprint density at radius 1 is 1.60 bits per heavy atom. The van der Waals surface area contributed by atoms with Crippen molar-refractivity contribution >= 4 is 0 Å². The molecule has 0 aromatic carbocycles. The van der Waals surface area contributed by atoms with E-state index in [-0.39, 0.29) is 5.41 Å². The molecule has 1 nitrogen and oxygen atoms in total. The molecule has 1 heteroatoms. The second-order valence-electron chi connectivity index (χ2n) is 3.45. The van der Waals surface area contributed by atoms with Crippen molar-refractivity contribution in [3.63, 3.8) is 0 Å². The smallest absolute Gasteiger partial charge is 0.00847 e. The average molecular weight is 141 g/mol. The molecule has 0 aliphatic carbocycles. The SMILES string of the molecule is C=C(N)C(C)(CC)C(C)C. The first-order chi connectivity index (χ1) is 4.45. The van der Waals surface area contributed by atoms with Crippen LogP contribution in [0.5, 0.6) is 0 Å². The van der Waals surface area contributed by atoms with Crippen LogP contribution in [0.4, 0.5) is 0 Å². The Kier molecular flexibility index (Phi) is 2.95. The predicted molar refractivity (Wildman–Crippen MR) is 46.6 cm³/mol. The number of hydrogen-bond acceptors (Lipinski definition) is 1. The van der Waals surface area contributed by atoms with Crippen molar-refractivity contribution in [3.05, 3.63) is 12.3 Å².